The van der Waals surface area contributed by atoms with E-state index in [1.807, 2.05) is 0 Å². The number of hydrazone groups is 1. The normalized spacial score (nSPS) is 11.9. The zero-order chi connectivity index (χ0) is 12.3. The lowest BCUT2D eigenvalue weighted by molar-refractivity contribution is 0.368. The average Bonchev–Trinajstić information content (AvgIpc) is 2.12. The summed E-state index contributed by atoms with van der Waals surface area (Å²) in [6, 6.07) is 2.54. The average molecular weight is 225 g/mol. The third kappa shape index (κ3) is 3.32. The molecule has 0 unspecified atom stereocenters. The number of hydrogen-bond acceptors (Lipinski definition) is 6. The molecule has 88 valence electrons. The maximum absolute atomic E-state index is 9.22. The molecule has 6 heteroatoms. The van der Waals surface area contributed by atoms with E-state index in [1.54, 1.807) is 13.8 Å². The van der Waals surface area contributed by atoms with Crippen LogP contribution in [-0.2, 0) is 0 Å². The molecule has 0 bridgehead atoms. The van der Waals surface area contributed by atoms with Gasteiger partial charge in [-0.3, -0.25) is 5.43 Å². The summed E-state index contributed by atoms with van der Waals surface area (Å²) in [5.74, 6) is -1.37. The molecule has 16 heavy (non-hydrogen) atoms. The van der Waals surface area contributed by atoms with Crippen LogP contribution < -0.4 is 11.2 Å². The molecule has 0 aliphatic carbocycles. The highest BCUT2D eigenvalue weighted by Gasteiger charge is 2.08. The van der Waals surface area contributed by atoms with Gasteiger partial charge in [0, 0.05) is 5.56 Å². The van der Waals surface area contributed by atoms with E-state index in [0.29, 0.717) is 5.56 Å². The quantitative estimate of drug-likeness (QED) is 0.221. The maximum atomic E-state index is 9.22. The molecule has 0 aliphatic rings. The smallest absolute Gasteiger partial charge is 0.200 e. The van der Waals surface area contributed by atoms with Crippen molar-refractivity contribution < 1.29 is 15.3 Å². The highest BCUT2D eigenvalue weighted by Crippen LogP contribution is 2.34. The Morgan fingerprint density at radius 2 is 1.75 bits per heavy atom. The Morgan fingerprint density at radius 1 is 1.25 bits per heavy atom. The van der Waals surface area contributed by atoms with E-state index < -0.39 is 22.9 Å². The fraction of sp³-hybridized carbons (Fsp3) is 0.300. The van der Waals surface area contributed by atoms with Crippen molar-refractivity contribution in [1.82, 2.24) is 5.43 Å². The first kappa shape index (κ1) is 12.1. The number of rotatable bonds is 3. The summed E-state index contributed by atoms with van der Waals surface area (Å²) in [7, 11) is 0. The van der Waals surface area contributed by atoms with Gasteiger partial charge in [-0.2, -0.15) is 5.10 Å². The van der Waals surface area contributed by atoms with Gasteiger partial charge < -0.3 is 21.1 Å². The van der Waals surface area contributed by atoms with Gasteiger partial charge in [-0.1, -0.05) is 0 Å². The second-order valence-electron chi connectivity index (χ2n) is 4.00. The van der Waals surface area contributed by atoms with Crippen LogP contribution in [0.2, 0.25) is 0 Å². The monoisotopic (exact) mass is 225 g/mol. The predicted octanol–water partition coefficient (Wildman–Crippen LogP) is 0.422. The summed E-state index contributed by atoms with van der Waals surface area (Å²) in [6.45, 7) is 3.46. The van der Waals surface area contributed by atoms with Gasteiger partial charge in [0.15, 0.2) is 17.2 Å². The zero-order valence-electron chi connectivity index (χ0n) is 9.10. The lowest BCUT2D eigenvalue weighted by Crippen LogP contribution is -2.44. The molecule has 0 fully saturated rings. The second-order valence-corrected chi connectivity index (χ2v) is 4.00. The van der Waals surface area contributed by atoms with E-state index in [1.165, 1.54) is 18.3 Å². The molecule has 0 heterocycles. The molecule has 0 spiro atoms. The predicted molar refractivity (Wildman–Crippen MR) is 60.4 cm³/mol. The molecule has 0 saturated carbocycles. The van der Waals surface area contributed by atoms with Gasteiger partial charge in [0.2, 0.25) is 0 Å². The molecule has 6 nitrogen and oxygen atoms in total. The van der Waals surface area contributed by atoms with Crippen LogP contribution in [0.15, 0.2) is 17.2 Å². The van der Waals surface area contributed by atoms with Crippen LogP contribution in [0.5, 0.6) is 17.2 Å². The van der Waals surface area contributed by atoms with Crippen molar-refractivity contribution in [2.24, 2.45) is 10.8 Å². The molecule has 1 aromatic rings. The highest BCUT2D eigenvalue weighted by molar-refractivity contribution is 5.82. The van der Waals surface area contributed by atoms with Gasteiger partial charge in [0.1, 0.15) is 0 Å². The van der Waals surface area contributed by atoms with Crippen LogP contribution in [0.3, 0.4) is 0 Å². The SMILES string of the molecule is CC(C)(N)N/N=C/c1cc(O)c(O)c(O)c1. The van der Waals surface area contributed by atoms with Crippen molar-refractivity contribution in [2.45, 2.75) is 19.5 Å². The van der Waals surface area contributed by atoms with E-state index in [-0.39, 0.29) is 0 Å². The first-order valence-corrected chi connectivity index (χ1v) is 4.63. The van der Waals surface area contributed by atoms with E-state index in [2.05, 4.69) is 10.5 Å². The Kier molecular flexibility index (Phi) is 3.24. The molecule has 0 saturated heterocycles. The minimum absolute atomic E-state index is 0.409. The fourth-order valence-corrected chi connectivity index (χ4v) is 0.973. The van der Waals surface area contributed by atoms with Crippen LogP contribution >= 0.6 is 0 Å². The standard InChI is InChI=1S/C10H15N3O3/c1-10(2,11)13-12-5-6-3-7(14)9(16)8(15)4-6/h3-5,13-16H,11H2,1-2H3/b12-5+. The molecule has 0 amide bonds. The number of nitrogens with zero attached hydrogens (tertiary/aromatic N) is 1. The number of benzene rings is 1. The number of aromatic hydroxyl groups is 3. The minimum Gasteiger partial charge on any atom is -0.504 e. The summed E-state index contributed by atoms with van der Waals surface area (Å²) in [5, 5.41) is 31.4. The van der Waals surface area contributed by atoms with E-state index in [0.717, 1.165) is 0 Å². The van der Waals surface area contributed by atoms with Crippen molar-refractivity contribution in [3.05, 3.63) is 17.7 Å². The van der Waals surface area contributed by atoms with E-state index >= 15 is 0 Å². The fourth-order valence-electron chi connectivity index (χ4n) is 0.973. The molecule has 0 radical (unpaired) electrons. The molecule has 0 atom stereocenters. The van der Waals surface area contributed by atoms with Crippen molar-refractivity contribution in [2.75, 3.05) is 0 Å². The van der Waals surface area contributed by atoms with Crippen molar-refractivity contribution in [1.29, 1.82) is 0 Å². The van der Waals surface area contributed by atoms with Gasteiger partial charge >= 0.3 is 0 Å². The van der Waals surface area contributed by atoms with Crippen LogP contribution in [0.4, 0.5) is 0 Å². The van der Waals surface area contributed by atoms with Crippen molar-refractivity contribution in [3.63, 3.8) is 0 Å². The number of nitrogens with one attached hydrogen (secondary N) is 1. The minimum atomic E-state index is -0.655. The lowest BCUT2D eigenvalue weighted by atomic mass is 10.2. The molecule has 0 aromatic heterocycles. The van der Waals surface area contributed by atoms with Gasteiger partial charge in [0.05, 0.1) is 11.9 Å². The van der Waals surface area contributed by atoms with Crippen LogP contribution in [0.1, 0.15) is 19.4 Å². The largest absolute Gasteiger partial charge is 0.504 e. The summed E-state index contributed by atoms with van der Waals surface area (Å²) >= 11 is 0. The van der Waals surface area contributed by atoms with Gasteiger partial charge in [-0.25, -0.2) is 0 Å². The maximum Gasteiger partial charge on any atom is 0.200 e. The van der Waals surface area contributed by atoms with Gasteiger partial charge in [-0.15, -0.1) is 0 Å². The van der Waals surface area contributed by atoms with Crippen LogP contribution in [0, 0.1) is 0 Å². The third-order valence-corrected chi connectivity index (χ3v) is 1.66. The summed E-state index contributed by atoms with van der Waals surface area (Å²) < 4.78 is 0. The molecule has 0 aliphatic heterocycles. The lowest BCUT2D eigenvalue weighted by Gasteiger charge is -2.17. The Hall–Kier alpha value is -1.95. The number of nitrogens with two attached hydrogens (primary N) is 1. The number of phenolic OH excluding ortho intramolecular Hbond substituents is 3. The van der Waals surface area contributed by atoms with Gasteiger partial charge in [-0.05, 0) is 26.0 Å². The van der Waals surface area contributed by atoms with E-state index in [9.17, 15) is 10.2 Å². The highest BCUT2D eigenvalue weighted by atomic mass is 16.3. The Labute approximate surface area is 93.0 Å². The summed E-state index contributed by atoms with van der Waals surface area (Å²) in [5.41, 5.74) is 8.04. The third-order valence-electron chi connectivity index (χ3n) is 1.66. The van der Waals surface area contributed by atoms with E-state index in [4.69, 9.17) is 10.8 Å². The Balaban J connectivity index is 2.83. The first-order chi connectivity index (χ1) is 7.29. The van der Waals surface area contributed by atoms with Crippen molar-refractivity contribution >= 4 is 6.21 Å². The molecule has 1 rings (SSSR count). The number of phenols is 3. The number of hydrogen-bond donors (Lipinski definition) is 5. The second kappa shape index (κ2) is 4.28. The Morgan fingerprint density at radius 3 is 2.19 bits per heavy atom. The van der Waals surface area contributed by atoms with Gasteiger partial charge in [0.25, 0.3) is 0 Å². The molecule has 1 aromatic carbocycles. The topological polar surface area (TPSA) is 111 Å². The first-order valence-electron chi connectivity index (χ1n) is 4.63. The van der Waals surface area contributed by atoms with Crippen LogP contribution in [-0.4, -0.2) is 27.2 Å². The Bertz CT molecular complexity index is 387. The van der Waals surface area contributed by atoms with Crippen LogP contribution in [0.25, 0.3) is 0 Å². The summed E-state index contributed by atoms with van der Waals surface area (Å²) in [4.78, 5) is 0. The zero-order valence-corrected chi connectivity index (χ0v) is 9.10. The van der Waals surface area contributed by atoms with Crippen molar-refractivity contribution in [3.8, 4) is 17.2 Å². The molecular weight excluding hydrogens is 210 g/mol. The molecular formula is C10H15N3O3. The molecule has 6 N–H and O–H groups in total. The summed E-state index contributed by atoms with van der Waals surface area (Å²) in [6.07, 6.45) is 1.37.